The van der Waals surface area contributed by atoms with E-state index >= 15 is 0 Å². The molecule has 0 aliphatic rings. The van der Waals surface area contributed by atoms with Crippen LogP contribution in [-0.2, 0) is 4.79 Å². The van der Waals surface area contributed by atoms with Crippen molar-refractivity contribution in [2.45, 2.75) is 6.04 Å². The van der Waals surface area contributed by atoms with E-state index in [1.165, 1.54) is 24.3 Å². The molecule has 6 nitrogen and oxygen atoms in total. The van der Waals surface area contributed by atoms with Crippen molar-refractivity contribution in [2.24, 2.45) is 0 Å². The maximum atomic E-state index is 11.5. The number of aliphatic hydroxyl groups is 1. The zero-order chi connectivity index (χ0) is 12.1. The van der Waals surface area contributed by atoms with Crippen LogP contribution in [0.3, 0.4) is 0 Å². The number of para-hydroxylation sites is 1. The number of carboxylic acid groups (broad SMARTS) is 1. The standard InChI is InChI=1S/C10H11NO5/c12-5-7(10(15)16)11-9(14)6-3-1-2-4-8(6)13/h1-4,7,12-13H,5H2,(H,11,14)(H,15,16)/t7-/m1/s1. The lowest BCUT2D eigenvalue weighted by Gasteiger charge is -2.11. The van der Waals surface area contributed by atoms with Crippen molar-refractivity contribution in [3.8, 4) is 5.75 Å². The maximum Gasteiger partial charge on any atom is 0.328 e. The smallest absolute Gasteiger partial charge is 0.328 e. The van der Waals surface area contributed by atoms with Crippen molar-refractivity contribution in [2.75, 3.05) is 6.61 Å². The quantitative estimate of drug-likeness (QED) is 0.556. The van der Waals surface area contributed by atoms with Crippen LogP contribution in [0.5, 0.6) is 5.75 Å². The largest absolute Gasteiger partial charge is 0.507 e. The van der Waals surface area contributed by atoms with Crippen LogP contribution in [0.15, 0.2) is 24.3 Å². The van der Waals surface area contributed by atoms with Crippen molar-refractivity contribution in [3.63, 3.8) is 0 Å². The Labute approximate surface area is 91.1 Å². The van der Waals surface area contributed by atoms with E-state index in [2.05, 4.69) is 5.32 Å². The second-order valence-corrected chi connectivity index (χ2v) is 3.06. The zero-order valence-corrected chi connectivity index (χ0v) is 8.25. The second kappa shape index (κ2) is 5.13. The lowest BCUT2D eigenvalue weighted by Crippen LogP contribution is -2.43. The first-order valence-corrected chi connectivity index (χ1v) is 4.48. The van der Waals surface area contributed by atoms with Crippen LogP contribution in [-0.4, -0.2) is 39.8 Å². The van der Waals surface area contributed by atoms with Gasteiger partial charge in [-0.3, -0.25) is 4.79 Å². The minimum Gasteiger partial charge on any atom is -0.507 e. The monoisotopic (exact) mass is 225 g/mol. The Morgan fingerprint density at radius 1 is 1.31 bits per heavy atom. The number of carbonyl (C=O) groups is 2. The summed E-state index contributed by atoms with van der Waals surface area (Å²) in [7, 11) is 0. The van der Waals surface area contributed by atoms with Gasteiger partial charge in [-0.25, -0.2) is 4.79 Å². The molecule has 86 valence electrons. The summed E-state index contributed by atoms with van der Waals surface area (Å²) in [4.78, 5) is 22.0. The Morgan fingerprint density at radius 3 is 2.44 bits per heavy atom. The van der Waals surface area contributed by atoms with Crippen LogP contribution < -0.4 is 5.32 Å². The first kappa shape index (κ1) is 12.0. The van der Waals surface area contributed by atoms with Crippen LogP contribution in [0.4, 0.5) is 0 Å². The summed E-state index contributed by atoms with van der Waals surface area (Å²) in [6.45, 7) is -0.714. The van der Waals surface area contributed by atoms with Gasteiger partial charge in [0.25, 0.3) is 5.91 Å². The SMILES string of the molecule is O=C(N[C@H](CO)C(=O)O)c1ccccc1O. The number of nitrogens with one attached hydrogen (secondary N) is 1. The molecule has 0 saturated carbocycles. The molecule has 0 saturated heterocycles. The third kappa shape index (κ3) is 2.71. The van der Waals surface area contributed by atoms with E-state index in [1.807, 2.05) is 0 Å². The summed E-state index contributed by atoms with van der Waals surface area (Å²) in [6, 6.07) is 4.34. The van der Waals surface area contributed by atoms with Gasteiger partial charge in [-0.05, 0) is 12.1 Å². The van der Waals surface area contributed by atoms with E-state index in [0.717, 1.165) is 0 Å². The molecule has 0 fully saturated rings. The second-order valence-electron chi connectivity index (χ2n) is 3.06. The van der Waals surface area contributed by atoms with Gasteiger partial charge in [-0.1, -0.05) is 12.1 Å². The summed E-state index contributed by atoms with van der Waals surface area (Å²) in [5.41, 5.74) is -0.0396. The summed E-state index contributed by atoms with van der Waals surface area (Å²) in [5.74, 6) is -2.34. The highest BCUT2D eigenvalue weighted by molar-refractivity contribution is 5.98. The molecule has 6 heteroatoms. The molecule has 0 aliphatic heterocycles. The lowest BCUT2D eigenvalue weighted by molar-refractivity contribution is -0.140. The number of aliphatic carboxylic acids is 1. The molecule has 0 spiro atoms. The average Bonchev–Trinajstić information content (AvgIpc) is 2.25. The Hall–Kier alpha value is -2.08. The molecule has 0 heterocycles. The highest BCUT2D eigenvalue weighted by Gasteiger charge is 2.20. The zero-order valence-electron chi connectivity index (χ0n) is 8.25. The van der Waals surface area contributed by atoms with Gasteiger partial charge in [0.15, 0.2) is 6.04 Å². The maximum absolute atomic E-state index is 11.5. The van der Waals surface area contributed by atoms with E-state index in [9.17, 15) is 14.7 Å². The van der Waals surface area contributed by atoms with E-state index in [4.69, 9.17) is 10.2 Å². The van der Waals surface area contributed by atoms with Crippen LogP contribution in [0, 0.1) is 0 Å². The van der Waals surface area contributed by atoms with Crippen molar-refractivity contribution in [1.82, 2.24) is 5.32 Å². The molecule has 1 amide bonds. The predicted octanol–water partition coefficient (Wildman–Crippen LogP) is -0.433. The van der Waals surface area contributed by atoms with E-state index in [-0.39, 0.29) is 11.3 Å². The molecule has 1 atom stereocenters. The highest BCUT2D eigenvalue weighted by Crippen LogP contribution is 2.15. The minimum atomic E-state index is -1.38. The Bertz CT molecular complexity index is 404. The highest BCUT2D eigenvalue weighted by atomic mass is 16.4. The molecule has 4 N–H and O–H groups in total. The van der Waals surface area contributed by atoms with E-state index < -0.39 is 24.5 Å². The number of hydrogen-bond acceptors (Lipinski definition) is 4. The third-order valence-corrected chi connectivity index (χ3v) is 1.93. The molecule has 0 aliphatic carbocycles. The summed E-state index contributed by atoms with van der Waals surface area (Å²) in [5, 5.41) is 28.7. The topological polar surface area (TPSA) is 107 Å². The van der Waals surface area contributed by atoms with E-state index in [0.29, 0.717) is 0 Å². The first-order chi connectivity index (χ1) is 7.56. The molecule has 1 rings (SSSR count). The molecule has 0 unspecified atom stereocenters. The van der Waals surface area contributed by atoms with Crippen molar-refractivity contribution in [1.29, 1.82) is 0 Å². The van der Waals surface area contributed by atoms with Gasteiger partial charge in [0.1, 0.15) is 5.75 Å². The van der Waals surface area contributed by atoms with Crippen molar-refractivity contribution >= 4 is 11.9 Å². The van der Waals surface area contributed by atoms with Crippen molar-refractivity contribution in [3.05, 3.63) is 29.8 Å². The average molecular weight is 225 g/mol. The van der Waals surface area contributed by atoms with Gasteiger partial charge in [-0.15, -0.1) is 0 Å². The number of rotatable bonds is 4. The van der Waals surface area contributed by atoms with Crippen LogP contribution in [0.25, 0.3) is 0 Å². The lowest BCUT2D eigenvalue weighted by atomic mass is 10.1. The number of phenols is 1. The number of amides is 1. The molecule has 16 heavy (non-hydrogen) atoms. The predicted molar refractivity (Wildman–Crippen MR) is 54.1 cm³/mol. The normalized spacial score (nSPS) is 11.8. The van der Waals surface area contributed by atoms with Gasteiger partial charge in [0.05, 0.1) is 12.2 Å². The number of aromatic hydroxyl groups is 1. The molecule has 0 aromatic heterocycles. The molecule has 0 bridgehead atoms. The number of hydrogen-bond donors (Lipinski definition) is 4. The number of benzene rings is 1. The fraction of sp³-hybridized carbons (Fsp3) is 0.200. The van der Waals surface area contributed by atoms with Crippen LogP contribution >= 0.6 is 0 Å². The van der Waals surface area contributed by atoms with Gasteiger partial charge < -0.3 is 20.6 Å². The Kier molecular flexibility index (Phi) is 3.84. The summed E-state index contributed by atoms with van der Waals surface area (Å²) < 4.78 is 0. The van der Waals surface area contributed by atoms with Gasteiger partial charge in [0, 0.05) is 0 Å². The third-order valence-electron chi connectivity index (χ3n) is 1.93. The van der Waals surface area contributed by atoms with Gasteiger partial charge >= 0.3 is 5.97 Å². The number of carbonyl (C=O) groups excluding carboxylic acids is 1. The molecular weight excluding hydrogens is 214 g/mol. The molecular formula is C10H11NO5. The summed E-state index contributed by atoms with van der Waals surface area (Å²) in [6.07, 6.45) is 0. The molecule has 1 aromatic rings. The minimum absolute atomic E-state index is 0.0396. The van der Waals surface area contributed by atoms with Crippen molar-refractivity contribution < 1.29 is 24.9 Å². The fourth-order valence-corrected chi connectivity index (χ4v) is 1.09. The number of carboxylic acids is 1. The number of aliphatic hydroxyl groups excluding tert-OH is 1. The Balaban J connectivity index is 2.80. The molecule has 0 radical (unpaired) electrons. The van der Waals surface area contributed by atoms with Crippen LogP contribution in [0.2, 0.25) is 0 Å². The van der Waals surface area contributed by atoms with Gasteiger partial charge in [-0.2, -0.15) is 0 Å². The first-order valence-electron chi connectivity index (χ1n) is 4.48. The van der Waals surface area contributed by atoms with Gasteiger partial charge in [0.2, 0.25) is 0 Å². The molecule has 1 aromatic carbocycles. The summed E-state index contributed by atoms with van der Waals surface area (Å²) >= 11 is 0. The number of phenolic OH excluding ortho intramolecular Hbond substituents is 1. The van der Waals surface area contributed by atoms with E-state index in [1.54, 1.807) is 0 Å². The van der Waals surface area contributed by atoms with Crippen LogP contribution in [0.1, 0.15) is 10.4 Å². The fourth-order valence-electron chi connectivity index (χ4n) is 1.09. The Morgan fingerprint density at radius 2 is 1.94 bits per heavy atom.